The van der Waals surface area contributed by atoms with Gasteiger partial charge in [-0.25, -0.2) is 4.98 Å². The van der Waals surface area contributed by atoms with Crippen LogP contribution in [-0.4, -0.2) is 36.3 Å². The van der Waals surface area contributed by atoms with E-state index in [-0.39, 0.29) is 0 Å². The predicted molar refractivity (Wildman–Crippen MR) is 82.0 cm³/mol. The summed E-state index contributed by atoms with van der Waals surface area (Å²) >= 11 is 3.45. The quantitative estimate of drug-likeness (QED) is 0.781. The van der Waals surface area contributed by atoms with Crippen molar-refractivity contribution in [3.63, 3.8) is 0 Å². The molecule has 0 fully saturated rings. The third-order valence-electron chi connectivity index (χ3n) is 2.66. The van der Waals surface area contributed by atoms with Crippen molar-refractivity contribution < 1.29 is 0 Å². The average Bonchev–Trinajstić information content (AvgIpc) is 3.01. The lowest BCUT2D eigenvalue weighted by molar-refractivity contribution is 0.796. The Morgan fingerprint density at radius 2 is 2.14 bits per heavy atom. The van der Waals surface area contributed by atoms with Crippen molar-refractivity contribution in [2.75, 3.05) is 11.9 Å². The molecule has 2 aromatic heterocycles. The molecule has 0 aliphatic rings. The molecule has 1 N–H and O–H groups in total. The van der Waals surface area contributed by atoms with Crippen LogP contribution in [0.4, 0.5) is 5.95 Å². The molecule has 0 aliphatic heterocycles. The first-order valence-electron chi connectivity index (χ1n) is 6.37. The van der Waals surface area contributed by atoms with E-state index in [2.05, 4.69) is 46.3 Å². The fourth-order valence-corrected chi connectivity index (χ4v) is 2.17. The Morgan fingerprint density at radius 1 is 1.24 bits per heavy atom. The smallest absolute Gasteiger partial charge is 0.257 e. The van der Waals surface area contributed by atoms with Gasteiger partial charge in [-0.05, 0) is 19.1 Å². The predicted octanol–water partition coefficient (Wildman–Crippen LogP) is 2.31. The molecule has 0 radical (unpaired) electrons. The van der Waals surface area contributed by atoms with Gasteiger partial charge >= 0.3 is 0 Å². The van der Waals surface area contributed by atoms with E-state index in [0.717, 1.165) is 16.6 Å². The van der Waals surface area contributed by atoms with Crippen LogP contribution in [0.5, 0.6) is 0 Å². The molecule has 3 rings (SSSR count). The summed E-state index contributed by atoms with van der Waals surface area (Å²) in [6.07, 6.45) is 2.99. The SMILES string of the molecule is CCNc1nc(-c2cccc(Br)c2)nc(-n2cncn2)n1. The van der Waals surface area contributed by atoms with Crippen LogP contribution in [0.3, 0.4) is 0 Å². The highest BCUT2D eigenvalue weighted by Gasteiger charge is 2.10. The Balaban J connectivity index is 2.11. The van der Waals surface area contributed by atoms with Gasteiger partial charge in [0.15, 0.2) is 5.82 Å². The van der Waals surface area contributed by atoms with Crippen molar-refractivity contribution in [3.05, 3.63) is 41.4 Å². The van der Waals surface area contributed by atoms with Crippen LogP contribution in [0.25, 0.3) is 17.3 Å². The fraction of sp³-hybridized carbons (Fsp3) is 0.154. The zero-order valence-corrected chi connectivity index (χ0v) is 12.8. The highest BCUT2D eigenvalue weighted by Crippen LogP contribution is 2.21. The molecular formula is C13H12BrN7. The van der Waals surface area contributed by atoms with Gasteiger partial charge in [-0.15, -0.1) is 0 Å². The average molecular weight is 346 g/mol. The summed E-state index contributed by atoms with van der Waals surface area (Å²) in [6, 6.07) is 7.79. The van der Waals surface area contributed by atoms with Crippen molar-refractivity contribution in [2.45, 2.75) is 6.92 Å². The minimum atomic E-state index is 0.424. The molecule has 7 nitrogen and oxygen atoms in total. The summed E-state index contributed by atoms with van der Waals surface area (Å²) in [5.74, 6) is 1.51. The van der Waals surface area contributed by atoms with E-state index in [9.17, 15) is 0 Å². The van der Waals surface area contributed by atoms with E-state index >= 15 is 0 Å². The summed E-state index contributed by atoms with van der Waals surface area (Å²) in [6.45, 7) is 2.70. The number of halogens is 1. The Bertz CT molecular complexity index is 742. The second-order valence-corrected chi connectivity index (χ2v) is 5.08. The van der Waals surface area contributed by atoms with Crippen LogP contribution in [0.2, 0.25) is 0 Å². The number of hydrogen-bond acceptors (Lipinski definition) is 6. The van der Waals surface area contributed by atoms with E-state index in [0.29, 0.717) is 17.7 Å². The molecule has 0 aliphatic carbocycles. The maximum atomic E-state index is 4.45. The van der Waals surface area contributed by atoms with Crippen LogP contribution >= 0.6 is 15.9 Å². The molecule has 0 amide bonds. The summed E-state index contributed by atoms with van der Waals surface area (Å²) in [4.78, 5) is 17.1. The molecule has 0 spiro atoms. The second kappa shape index (κ2) is 5.96. The molecule has 0 saturated carbocycles. The summed E-state index contributed by atoms with van der Waals surface area (Å²) in [5.41, 5.74) is 0.896. The van der Waals surface area contributed by atoms with Crippen LogP contribution < -0.4 is 5.32 Å². The molecule has 2 heterocycles. The topological polar surface area (TPSA) is 81.4 Å². The number of nitrogens with zero attached hydrogens (tertiary/aromatic N) is 6. The van der Waals surface area contributed by atoms with E-state index in [1.54, 1.807) is 6.33 Å². The van der Waals surface area contributed by atoms with Crippen molar-refractivity contribution in [3.8, 4) is 17.3 Å². The molecule has 0 atom stereocenters. The van der Waals surface area contributed by atoms with Gasteiger partial charge < -0.3 is 5.32 Å². The molecule has 8 heteroatoms. The lowest BCUT2D eigenvalue weighted by Gasteiger charge is -2.07. The number of nitrogens with one attached hydrogen (secondary N) is 1. The molecule has 1 aromatic carbocycles. The Labute approximate surface area is 129 Å². The Hall–Kier alpha value is -2.35. The lowest BCUT2D eigenvalue weighted by Crippen LogP contribution is -2.10. The van der Waals surface area contributed by atoms with Gasteiger partial charge in [0.05, 0.1) is 0 Å². The third-order valence-corrected chi connectivity index (χ3v) is 3.16. The van der Waals surface area contributed by atoms with Gasteiger partial charge in [0, 0.05) is 16.6 Å². The number of hydrogen-bond donors (Lipinski definition) is 1. The van der Waals surface area contributed by atoms with Gasteiger partial charge in [-0.3, -0.25) is 0 Å². The maximum Gasteiger partial charge on any atom is 0.257 e. The molecule has 0 unspecified atom stereocenters. The fourth-order valence-electron chi connectivity index (χ4n) is 1.77. The molecule has 0 bridgehead atoms. The van der Waals surface area contributed by atoms with E-state index in [4.69, 9.17) is 0 Å². The van der Waals surface area contributed by atoms with Crippen molar-refractivity contribution in [1.82, 2.24) is 29.7 Å². The first kappa shape index (κ1) is 13.6. The monoisotopic (exact) mass is 345 g/mol. The Morgan fingerprint density at radius 3 is 2.86 bits per heavy atom. The van der Waals surface area contributed by atoms with Gasteiger partial charge in [0.1, 0.15) is 12.7 Å². The highest BCUT2D eigenvalue weighted by atomic mass is 79.9. The van der Waals surface area contributed by atoms with Crippen LogP contribution in [0, 0.1) is 0 Å². The highest BCUT2D eigenvalue weighted by molar-refractivity contribution is 9.10. The first-order valence-corrected chi connectivity index (χ1v) is 7.16. The van der Waals surface area contributed by atoms with E-state index < -0.39 is 0 Å². The van der Waals surface area contributed by atoms with E-state index in [1.165, 1.54) is 11.0 Å². The van der Waals surface area contributed by atoms with Crippen LogP contribution in [0.1, 0.15) is 6.92 Å². The number of rotatable bonds is 4. The van der Waals surface area contributed by atoms with Crippen molar-refractivity contribution in [2.24, 2.45) is 0 Å². The largest absolute Gasteiger partial charge is 0.354 e. The Kier molecular flexibility index (Phi) is 3.87. The van der Waals surface area contributed by atoms with Crippen LogP contribution in [0.15, 0.2) is 41.4 Å². The van der Waals surface area contributed by atoms with Crippen molar-refractivity contribution >= 4 is 21.9 Å². The summed E-state index contributed by atoms with van der Waals surface area (Å²) in [7, 11) is 0. The third kappa shape index (κ3) is 3.05. The van der Waals surface area contributed by atoms with Gasteiger partial charge in [-0.1, -0.05) is 28.1 Å². The zero-order valence-electron chi connectivity index (χ0n) is 11.2. The lowest BCUT2D eigenvalue weighted by atomic mass is 10.2. The van der Waals surface area contributed by atoms with Gasteiger partial charge in [-0.2, -0.15) is 24.7 Å². The molecule has 106 valence electrons. The summed E-state index contributed by atoms with van der Waals surface area (Å²) < 4.78 is 2.47. The summed E-state index contributed by atoms with van der Waals surface area (Å²) in [5, 5.41) is 7.15. The first-order chi connectivity index (χ1) is 10.3. The van der Waals surface area contributed by atoms with Gasteiger partial charge in [0.2, 0.25) is 5.95 Å². The van der Waals surface area contributed by atoms with Crippen LogP contribution in [-0.2, 0) is 0 Å². The molecule has 21 heavy (non-hydrogen) atoms. The minimum absolute atomic E-state index is 0.424. The molecule has 0 saturated heterocycles. The number of benzene rings is 1. The van der Waals surface area contributed by atoms with Crippen molar-refractivity contribution in [1.29, 1.82) is 0 Å². The zero-order chi connectivity index (χ0) is 14.7. The molecule has 3 aromatic rings. The minimum Gasteiger partial charge on any atom is -0.354 e. The standard InChI is InChI=1S/C13H12BrN7/c1-2-16-12-18-11(9-4-3-5-10(14)6-9)19-13(20-12)21-8-15-7-17-21/h3-8H,2H2,1H3,(H,16,18,19,20). The number of anilines is 1. The number of aromatic nitrogens is 6. The van der Waals surface area contributed by atoms with Gasteiger partial charge in [0.25, 0.3) is 5.95 Å². The second-order valence-electron chi connectivity index (χ2n) is 4.16. The maximum absolute atomic E-state index is 4.45. The normalized spacial score (nSPS) is 10.6. The molecular weight excluding hydrogens is 334 g/mol. The van der Waals surface area contributed by atoms with E-state index in [1.807, 2.05) is 31.2 Å².